The molecule has 1 fully saturated rings. The van der Waals surface area contributed by atoms with Gasteiger partial charge in [0, 0.05) is 51.4 Å². The van der Waals surface area contributed by atoms with Gasteiger partial charge in [-0.2, -0.15) is 0 Å². The van der Waals surface area contributed by atoms with E-state index in [-0.39, 0.29) is 11.9 Å². The number of nitrogens with zero attached hydrogens (tertiary/aromatic N) is 6. The molecule has 0 bridgehead atoms. The highest BCUT2D eigenvalue weighted by atomic mass is 16.1. The Labute approximate surface area is 135 Å². The smallest absolute Gasteiger partial charge is 0.225 e. The monoisotopic (exact) mass is 315 g/mol. The van der Waals surface area contributed by atoms with Crippen LogP contribution in [-0.4, -0.2) is 49.8 Å². The number of amides is 1. The first kappa shape index (κ1) is 15.4. The van der Waals surface area contributed by atoms with E-state index in [1.807, 2.05) is 11.6 Å². The van der Waals surface area contributed by atoms with Crippen LogP contribution in [0.1, 0.15) is 25.1 Å². The Bertz CT molecular complexity index is 642. The lowest BCUT2D eigenvalue weighted by Gasteiger charge is -2.33. The maximum Gasteiger partial charge on any atom is 0.225 e. The van der Waals surface area contributed by atoms with Crippen LogP contribution in [0.2, 0.25) is 0 Å². The van der Waals surface area contributed by atoms with Crippen molar-refractivity contribution in [1.29, 1.82) is 0 Å². The first-order valence-corrected chi connectivity index (χ1v) is 7.86. The van der Waals surface area contributed by atoms with Gasteiger partial charge in [-0.1, -0.05) is 0 Å². The van der Waals surface area contributed by atoms with Gasteiger partial charge in [0.15, 0.2) is 0 Å². The van der Waals surface area contributed by atoms with Crippen LogP contribution in [0.15, 0.2) is 24.8 Å². The summed E-state index contributed by atoms with van der Waals surface area (Å²) in [5.41, 5.74) is 0. The molecule has 1 atom stereocenters. The van der Waals surface area contributed by atoms with Gasteiger partial charge in [-0.15, -0.1) is 10.2 Å². The number of aromatic nitrogens is 5. The first-order chi connectivity index (χ1) is 11.2. The fourth-order valence-electron chi connectivity index (χ4n) is 2.79. The number of anilines is 1. The van der Waals surface area contributed by atoms with E-state index in [4.69, 9.17) is 0 Å². The first-order valence-electron chi connectivity index (χ1n) is 7.86. The van der Waals surface area contributed by atoms with Gasteiger partial charge in [0.2, 0.25) is 11.9 Å². The van der Waals surface area contributed by atoms with Crippen molar-refractivity contribution >= 4 is 11.9 Å². The highest BCUT2D eigenvalue weighted by Crippen LogP contribution is 2.15. The Kier molecular flexibility index (Phi) is 4.80. The number of hydrogen-bond acceptors (Lipinski definition) is 6. The summed E-state index contributed by atoms with van der Waals surface area (Å²) >= 11 is 0. The lowest BCUT2D eigenvalue weighted by molar-refractivity contribution is -0.121. The van der Waals surface area contributed by atoms with Gasteiger partial charge in [-0.3, -0.25) is 4.79 Å². The Balaban J connectivity index is 1.49. The van der Waals surface area contributed by atoms with E-state index in [0.717, 1.165) is 37.7 Å². The van der Waals surface area contributed by atoms with Gasteiger partial charge in [-0.05, 0) is 18.9 Å². The maximum absolute atomic E-state index is 12.1. The van der Waals surface area contributed by atoms with Crippen LogP contribution in [0.3, 0.4) is 0 Å². The van der Waals surface area contributed by atoms with Crippen molar-refractivity contribution in [2.45, 2.75) is 31.7 Å². The Morgan fingerprint density at radius 1 is 1.39 bits per heavy atom. The lowest BCUT2D eigenvalue weighted by atomic mass is 10.1. The molecular formula is C15H21N7O. The topological polar surface area (TPSA) is 88.8 Å². The van der Waals surface area contributed by atoms with E-state index < -0.39 is 0 Å². The van der Waals surface area contributed by atoms with Gasteiger partial charge in [0.05, 0.1) is 0 Å². The minimum Gasteiger partial charge on any atom is -0.352 e. The Morgan fingerprint density at radius 3 is 2.96 bits per heavy atom. The highest BCUT2D eigenvalue weighted by Gasteiger charge is 2.22. The van der Waals surface area contributed by atoms with Crippen molar-refractivity contribution in [2.75, 3.05) is 18.0 Å². The van der Waals surface area contributed by atoms with Crippen molar-refractivity contribution in [3.63, 3.8) is 0 Å². The third kappa shape index (κ3) is 4.02. The zero-order valence-corrected chi connectivity index (χ0v) is 13.2. The maximum atomic E-state index is 12.1. The molecule has 23 heavy (non-hydrogen) atoms. The van der Waals surface area contributed by atoms with Gasteiger partial charge in [0.1, 0.15) is 12.2 Å². The van der Waals surface area contributed by atoms with Crippen LogP contribution in [0.5, 0.6) is 0 Å². The molecule has 8 nitrogen and oxygen atoms in total. The van der Waals surface area contributed by atoms with Crippen LogP contribution >= 0.6 is 0 Å². The van der Waals surface area contributed by atoms with Crippen LogP contribution in [0.4, 0.5) is 5.95 Å². The van der Waals surface area contributed by atoms with Crippen LogP contribution in [0.25, 0.3) is 0 Å². The quantitative estimate of drug-likeness (QED) is 0.855. The molecule has 3 rings (SSSR count). The molecule has 0 spiro atoms. The number of aryl methyl sites for hydroxylation is 2. The molecule has 2 aromatic rings. The molecule has 0 radical (unpaired) electrons. The second-order valence-corrected chi connectivity index (χ2v) is 5.76. The average molecular weight is 315 g/mol. The summed E-state index contributed by atoms with van der Waals surface area (Å²) < 4.78 is 1.84. The standard InChI is InChI=1S/C15H21N7O/c1-21-11-18-20-13(21)5-6-14(23)19-12-4-2-9-22(10-12)15-16-7-3-8-17-15/h3,7-8,11-12H,2,4-6,9-10H2,1H3,(H,19,23)/t12-/m1/s1. The van der Waals surface area contributed by atoms with Crippen LogP contribution in [0, 0.1) is 0 Å². The van der Waals surface area contributed by atoms with Gasteiger partial charge in [0.25, 0.3) is 0 Å². The predicted octanol–water partition coefficient (Wildman–Crippen LogP) is 0.323. The summed E-state index contributed by atoms with van der Waals surface area (Å²) in [6, 6.07) is 1.94. The fourth-order valence-corrected chi connectivity index (χ4v) is 2.79. The Hall–Kier alpha value is -2.51. The molecule has 0 aliphatic carbocycles. The minimum absolute atomic E-state index is 0.0498. The Morgan fingerprint density at radius 2 is 2.22 bits per heavy atom. The SMILES string of the molecule is Cn1cnnc1CCC(=O)N[C@@H]1CCCN(c2ncccn2)C1. The molecule has 0 unspecified atom stereocenters. The molecule has 1 aliphatic rings. The molecule has 1 amide bonds. The number of rotatable bonds is 5. The zero-order valence-electron chi connectivity index (χ0n) is 13.2. The molecule has 1 N–H and O–H groups in total. The third-order valence-corrected chi connectivity index (χ3v) is 4.00. The van der Waals surface area contributed by atoms with Gasteiger partial charge >= 0.3 is 0 Å². The number of carbonyl (C=O) groups excluding carboxylic acids is 1. The predicted molar refractivity (Wildman–Crippen MR) is 84.7 cm³/mol. The largest absolute Gasteiger partial charge is 0.352 e. The van der Waals surface area contributed by atoms with E-state index in [1.54, 1.807) is 24.8 Å². The van der Waals surface area contributed by atoms with E-state index in [0.29, 0.717) is 12.8 Å². The lowest BCUT2D eigenvalue weighted by Crippen LogP contribution is -2.48. The summed E-state index contributed by atoms with van der Waals surface area (Å²) in [6.07, 6.45) is 8.15. The van der Waals surface area contributed by atoms with Crippen molar-refractivity contribution < 1.29 is 4.79 Å². The zero-order chi connectivity index (χ0) is 16.1. The number of piperidine rings is 1. The van der Waals surface area contributed by atoms with Crippen molar-refractivity contribution in [2.24, 2.45) is 7.05 Å². The normalized spacial score (nSPS) is 18.0. The van der Waals surface area contributed by atoms with E-state index in [2.05, 4.69) is 30.4 Å². The molecule has 2 aromatic heterocycles. The van der Waals surface area contributed by atoms with Crippen LogP contribution in [-0.2, 0) is 18.3 Å². The van der Waals surface area contributed by atoms with Crippen molar-refractivity contribution in [3.8, 4) is 0 Å². The molecule has 1 aliphatic heterocycles. The van der Waals surface area contributed by atoms with Crippen LogP contribution < -0.4 is 10.2 Å². The van der Waals surface area contributed by atoms with E-state index in [9.17, 15) is 4.79 Å². The number of nitrogens with one attached hydrogen (secondary N) is 1. The summed E-state index contributed by atoms with van der Waals surface area (Å²) in [7, 11) is 1.88. The fraction of sp³-hybridized carbons (Fsp3) is 0.533. The molecule has 122 valence electrons. The molecule has 8 heteroatoms. The summed E-state index contributed by atoms with van der Waals surface area (Å²) in [5, 5.41) is 10.9. The molecule has 0 saturated carbocycles. The van der Waals surface area contributed by atoms with E-state index >= 15 is 0 Å². The second kappa shape index (κ2) is 7.17. The molecule has 0 aromatic carbocycles. The van der Waals surface area contributed by atoms with Gasteiger partial charge in [-0.25, -0.2) is 9.97 Å². The minimum atomic E-state index is 0.0498. The molecule has 1 saturated heterocycles. The number of carbonyl (C=O) groups is 1. The average Bonchev–Trinajstić information content (AvgIpc) is 2.99. The highest BCUT2D eigenvalue weighted by molar-refractivity contribution is 5.76. The van der Waals surface area contributed by atoms with Crippen molar-refractivity contribution in [1.82, 2.24) is 30.0 Å². The summed E-state index contributed by atoms with van der Waals surface area (Å²) in [4.78, 5) is 22.8. The summed E-state index contributed by atoms with van der Waals surface area (Å²) in [5.74, 6) is 1.60. The van der Waals surface area contributed by atoms with E-state index in [1.165, 1.54) is 0 Å². The molecular weight excluding hydrogens is 294 g/mol. The summed E-state index contributed by atoms with van der Waals surface area (Å²) in [6.45, 7) is 1.68. The number of hydrogen-bond donors (Lipinski definition) is 1. The second-order valence-electron chi connectivity index (χ2n) is 5.76. The van der Waals surface area contributed by atoms with Crippen molar-refractivity contribution in [3.05, 3.63) is 30.6 Å². The van der Waals surface area contributed by atoms with Gasteiger partial charge < -0.3 is 14.8 Å². The third-order valence-electron chi connectivity index (χ3n) is 4.00. The molecule has 3 heterocycles.